The van der Waals surface area contributed by atoms with E-state index in [0.717, 1.165) is 25.1 Å². The molecule has 2 heterocycles. The van der Waals surface area contributed by atoms with Crippen LogP contribution in [0.1, 0.15) is 34.9 Å². The number of hydrogen-bond donors (Lipinski definition) is 2. The highest BCUT2D eigenvalue weighted by Gasteiger charge is 2.32. The first kappa shape index (κ1) is 13.1. The number of nitrogens with two attached hydrogens (primary N) is 1. The van der Waals surface area contributed by atoms with Crippen LogP contribution < -0.4 is 5.73 Å². The molecule has 4 nitrogen and oxygen atoms in total. The van der Waals surface area contributed by atoms with E-state index in [1.807, 2.05) is 23.2 Å². The molecule has 0 spiro atoms. The Hall–Kier alpha value is -1.94. The number of halogens is 1. The van der Waals surface area contributed by atoms with Crippen molar-refractivity contribution in [1.29, 1.82) is 0 Å². The van der Waals surface area contributed by atoms with Gasteiger partial charge in [0.2, 0.25) is 0 Å². The zero-order valence-corrected chi connectivity index (χ0v) is 11.7. The van der Waals surface area contributed by atoms with Gasteiger partial charge in [0.15, 0.2) is 0 Å². The number of anilines is 1. The molecule has 1 aliphatic rings. The summed E-state index contributed by atoms with van der Waals surface area (Å²) in [6.07, 6.45) is 3.84. The van der Waals surface area contributed by atoms with Crippen molar-refractivity contribution >= 4 is 23.2 Å². The molecule has 0 bridgehead atoms. The first-order valence-corrected chi connectivity index (χ1v) is 7.04. The molecule has 1 saturated heterocycles. The molecule has 1 aromatic carbocycles. The van der Waals surface area contributed by atoms with E-state index in [1.165, 1.54) is 0 Å². The van der Waals surface area contributed by atoms with E-state index in [4.69, 9.17) is 17.3 Å². The molecule has 1 unspecified atom stereocenters. The first-order valence-electron chi connectivity index (χ1n) is 6.66. The number of amides is 1. The molecule has 1 atom stereocenters. The largest absolute Gasteiger partial charge is 0.398 e. The number of aromatic amines is 1. The van der Waals surface area contributed by atoms with Crippen LogP contribution in [0.5, 0.6) is 0 Å². The Bertz CT molecular complexity index is 624. The van der Waals surface area contributed by atoms with E-state index in [0.29, 0.717) is 16.3 Å². The van der Waals surface area contributed by atoms with Gasteiger partial charge in [-0.2, -0.15) is 0 Å². The van der Waals surface area contributed by atoms with Crippen molar-refractivity contribution in [2.75, 3.05) is 12.3 Å². The zero-order chi connectivity index (χ0) is 14.1. The van der Waals surface area contributed by atoms with E-state index >= 15 is 0 Å². The summed E-state index contributed by atoms with van der Waals surface area (Å²) in [5.41, 5.74) is 7.76. The summed E-state index contributed by atoms with van der Waals surface area (Å²) in [7, 11) is 0. The van der Waals surface area contributed by atoms with Gasteiger partial charge >= 0.3 is 0 Å². The highest BCUT2D eigenvalue weighted by Crippen LogP contribution is 2.34. The zero-order valence-electron chi connectivity index (χ0n) is 11.0. The maximum atomic E-state index is 12.7. The summed E-state index contributed by atoms with van der Waals surface area (Å²) in [6, 6.07) is 9.24. The third-order valence-electron chi connectivity index (χ3n) is 3.75. The second kappa shape index (κ2) is 5.21. The molecule has 1 aliphatic heterocycles. The molecular weight excluding hydrogens is 274 g/mol. The van der Waals surface area contributed by atoms with Crippen molar-refractivity contribution in [3.05, 3.63) is 52.8 Å². The molecule has 2 aromatic rings. The maximum Gasteiger partial charge on any atom is 0.256 e. The van der Waals surface area contributed by atoms with Gasteiger partial charge in [0.25, 0.3) is 5.91 Å². The fourth-order valence-electron chi connectivity index (χ4n) is 2.75. The van der Waals surface area contributed by atoms with Gasteiger partial charge in [-0.15, -0.1) is 0 Å². The number of likely N-dealkylation sites (tertiary alicyclic amines) is 1. The van der Waals surface area contributed by atoms with E-state index in [2.05, 4.69) is 4.98 Å². The second-order valence-corrected chi connectivity index (χ2v) is 5.37. The van der Waals surface area contributed by atoms with Crippen LogP contribution in [0.4, 0.5) is 5.69 Å². The molecule has 104 valence electrons. The minimum atomic E-state index is -0.0561. The van der Waals surface area contributed by atoms with Crippen molar-refractivity contribution in [2.24, 2.45) is 0 Å². The van der Waals surface area contributed by atoms with E-state index in [9.17, 15) is 4.79 Å². The smallest absolute Gasteiger partial charge is 0.256 e. The Morgan fingerprint density at radius 1 is 1.35 bits per heavy atom. The normalized spacial score (nSPS) is 18.4. The Labute approximate surface area is 122 Å². The monoisotopic (exact) mass is 289 g/mol. The van der Waals surface area contributed by atoms with Gasteiger partial charge in [-0.1, -0.05) is 17.7 Å². The van der Waals surface area contributed by atoms with Gasteiger partial charge in [0.05, 0.1) is 22.3 Å². The lowest BCUT2D eigenvalue weighted by molar-refractivity contribution is 0.0733. The van der Waals surface area contributed by atoms with Crippen LogP contribution >= 0.6 is 11.6 Å². The summed E-state index contributed by atoms with van der Waals surface area (Å²) in [5.74, 6) is -0.0561. The van der Waals surface area contributed by atoms with Gasteiger partial charge in [-0.25, -0.2) is 0 Å². The predicted octanol–water partition coefficient (Wildman–Crippen LogP) is 3.23. The molecule has 0 saturated carbocycles. The third kappa shape index (κ3) is 2.16. The van der Waals surface area contributed by atoms with Crippen LogP contribution in [0.15, 0.2) is 36.5 Å². The summed E-state index contributed by atoms with van der Waals surface area (Å²) in [4.78, 5) is 17.8. The Balaban J connectivity index is 1.92. The number of carbonyl (C=O) groups excluding carboxylic acids is 1. The van der Waals surface area contributed by atoms with Crippen molar-refractivity contribution in [3.8, 4) is 0 Å². The van der Waals surface area contributed by atoms with Crippen LogP contribution in [0.2, 0.25) is 5.02 Å². The van der Waals surface area contributed by atoms with Gasteiger partial charge in [0.1, 0.15) is 0 Å². The van der Waals surface area contributed by atoms with E-state index < -0.39 is 0 Å². The lowest BCUT2D eigenvalue weighted by Crippen LogP contribution is -2.31. The second-order valence-electron chi connectivity index (χ2n) is 4.99. The van der Waals surface area contributed by atoms with Crippen molar-refractivity contribution < 1.29 is 4.79 Å². The van der Waals surface area contributed by atoms with Gasteiger partial charge < -0.3 is 15.6 Å². The summed E-state index contributed by atoms with van der Waals surface area (Å²) in [6.45, 7) is 0.744. The molecule has 1 amide bonds. The number of nitrogens with zero attached hydrogens (tertiary/aromatic N) is 1. The standard InChI is InChI=1S/C15H16ClN3O/c16-14-10(4-1-5-11(14)17)15(20)19-9-3-7-13(19)12-6-2-8-18-12/h1-2,4-6,8,13,18H,3,7,9,17H2. The quantitative estimate of drug-likeness (QED) is 0.834. The third-order valence-corrected chi connectivity index (χ3v) is 4.18. The number of carbonyl (C=O) groups is 1. The highest BCUT2D eigenvalue weighted by atomic mass is 35.5. The minimum Gasteiger partial charge on any atom is -0.398 e. The minimum absolute atomic E-state index is 0.0561. The van der Waals surface area contributed by atoms with Crippen LogP contribution in [0.25, 0.3) is 0 Å². The number of nitrogens with one attached hydrogen (secondary N) is 1. The van der Waals surface area contributed by atoms with E-state index in [-0.39, 0.29) is 11.9 Å². The topological polar surface area (TPSA) is 62.1 Å². The van der Waals surface area contributed by atoms with Gasteiger partial charge in [0, 0.05) is 18.4 Å². The Morgan fingerprint density at radius 3 is 2.95 bits per heavy atom. The number of aromatic nitrogens is 1. The molecule has 1 fully saturated rings. The number of H-pyrrole nitrogens is 1. The fourth-order valence-corrected chi connectivity index (χ4v) is 2.96. The molecule has 5 heteroatoms. The molecule has 3 rings (SSSR count). The number of hydrogen-bond acceptors (Lipinski definition) is 2. The summed E-state index contributed by atoms with van der Waals surface area (Å²) < 4.78 is 0. The average molecular weight is 290 g/mol. The Morgan fingerprint density at radius 2 is 2.20 bits per heavy atom. The maximum absolute atomic E-state index is 12.7. The predicted molar refractivity (Wildman–Crippen MR) is 79.7 cm³/mol. The number of rotatable bonds is 2. The van der Waals surface area contributed by atoms with Crippen molar-refractivity contribution in [2.45, 2.75) is 18.9 Å². The van der Waals surface area contributed by atoms with E-state index in [1.54, 1.807) is 18.2 Å². The van der Waals surface area contributed by atoms with Crippen LogP contribution in [0.3, 0.4) is 0 Å². The van der Waals surface area contributed by atoms with Crippen LogP contribution in [0, 0.1) is 0 Å². The average Bonchev–Trinajstić information content (AvgIpc) is 3.10. The fraction of sp³-hybridized carbons (Fsp3) is 0.267. The number of nitrogen functional groups attached to an aromatic ring is 1. The van der Waals surface area contributed by atoms with Crippen molar-refractivity contribution in [3.63, 3.8) is 0 Å². The molecule has 0 radical (unpaired) electrons. The van der Waals surface area contributed by atoms with Crippen LogP contribution in [-0.2, 0) is 0 Å². The molecule has 1 aromatic heterocycles. The van der Waals surface area contributed by atoms with Gasteiger partial charge in [-0.3, -0.25) is 4.79 Å². The molecule has 3 N–H and O–H groups in total. The van der Waals surface area contributed by atoms with Crippen molar-refractivity contribution in [1.82, 2.24) is 9.88 Å². The van der Waals surface area contributed by atoms with Crippen LogP contribution in [-0.4, -0.2) is 22.3 Å². The lowest BCUT2D eigenvalue weighted by atomic mass is 10.1. The highest BCUT2D eigenvalue weighted by molar-refractivity contribution is 6.36. The molecule has 0 aliphatic carbocycles. The van der Waals surface area contributed by atoms with Gasteiger partial charge in [-0.05, 0) is 37.1 Å². The first-order chi connectivity index (χ1) is 9.68. The SMILES string of the molecule is Nc1cccc(C(=O)N2CCCC2c2ccc[nH]2)c1Cl. The molecule has 20 heavy (non-hydrogen) atoms. The summed E-state index contributed by atoms with van der Waals surface area (Å²) in [5, 5.41) is 0.342. The summed E-state index contributed by atoms with van der Waals surface area (Å²) >= 11 is 6.16. The number of benzene rings is 1. The lowest BCUT2D eigenvalue weighted by Gasteiger charge is -2.24. The molecular formula is C15H16ClN3O. The Kier molecular flexibility index (Phi) is 3.40.